The summed E-state index contributed by atoms with van der Waals surface area (Å²) in [6, 6.07) is 7.41. The first-order chi connectivity index (χ1) is 5.29. The molecular formula is C8H6ClNS. The summed E-state index contributed by atoms with van der Waals surface area (Å²) in [6.07, 6.45) is 1.90. The molecule has 0 spiro atoms. The lowest BCUT2D eigenvalue weighted by Gasteiger charge is -2.00. The summed E-state index contributed by atoms with van der Waals surface area (Å²) in [7, 11) is 0. The molecule has 0 aliphatic carbocycles. The van der Waals surface area contributed by atoms with Gasteiger partial charge in [-0.1, -0.05) is 17.7 Å². The van der Waals surface area contributed by atoms with Crippen LogP contribution in [-0.4, -0.2) is 6.26 Å². The SMILES string of the molecule is CSc1c(Cl)cccc1C#N. The van der Waals surface area contributed by atoms with E-state index in [1.165, 1.54) is 11.8 Å². The van der Waals surface area contributed by atoms with Crippen molar-refractivity contribution in [3.63, 3.8) is 0 Å². The van der Waals surface area contributed by atoms with Crippen LogP contribution in [0.4, 0.5) is 0 Å². The van der Waals surface area contributed by atoms with Crippen molar-refractivity contribution in [1.82, 2.24) is 0 Å². The maximum Gasteiger partial charge on any atom is 0.100 e. The Hall–Kier alpha value is -0.650. The fraction of sp³-hybridized carbons (Fsp3) is 0.125. The van der Waals surface area contributed by atoms with E-state index in [9.17, 15) is 0 Å². The molecule has 1 aromatic carbocycles. The Morgan fingerprint density at radius 1 is 1.55 bits per heavy atom. The van der Waals surface area contributed by atoms with Crippen LogP contribution in [-0.2, 0) is 0 Å². The minimum Gasteiger partial charge on any atom is -0.192 e. The highest BCUT2D eigenvalue weighted by Gasteiger charge is 2.03. The third-order valence-corrected chi connectivity index (χ3v) is 2.57. The van der Waals surface area contributed by atoms with E-state index >= 15 is 0 Å². The van der Waals surface area contributed by atoms with Crippen molar-refractivity contribution in [1.29, 1.82) is 5.26 Å². The van der Waals surface area contributed by atoms with Gasteiger partial charge in [-0.15, -0.1) is 11.8 Å². The van der Waals surface area contributed by atoms with Gasteiger partial charge in [0.15, 0.2) is 0 Å². The highest BCUT2D eigenvalue weighted by atomic mass is 35.5. The third-order valence-electron chi connectivity index (χ3n) is 1.29. The van der Waals surface area contributed by atoms with Crippen molar-refractivity contribution >= 4 is 23.4 Å². The van der Waals surface area contributed by atoms with Gasteiger partial charge in [0.2, 0.25) is 0 Å². The Kier molecular flexibility index (Phi) is 2.81. The summed E-state index contributed by atoms with van der Waals surface area (Å²) >= 11 is 7.33. The second-order valence-electron chi connectivity index (χ2n) is 1.93. The van der Waals surface area contributed by atoms with Crippen LogP contribution < -0.4 is 0 Å². The second kappa shape index (κ2) is 3.66. The summed E-state index contributed by atoms with van der Waals surface area (Å²) < 4.78 is 0. The third kappa shape index (κ3) is 1.68. The van der Waals surface area contributed by atoms with Crippen molar-refractivity contribution < 1.29 is 0 Å². The molecule has 11 heavy (non-hydrogen) atoms. The van der Waals surface area contributed by atoms with Gasteiger partial charge in [-0.2, -0.15) is 5.26 Å². The van der Waals surface area contributed by atoms with E-state index in [1.54, 1.807) is 18.2 Å². The van der Waals surface area contributed by atoms with E-state index in [0.717, 1.165) is 4.90 Å². The number of hydrogen-bond acceptors (Lipinski definition) is 2. The minimum atomic E-state index is 0.644. The Bertz CT molecular complexity index is 303. The fourth-order valence-electron chi connectivity index (χ4n) is 0.804. The molecule has 0 N–H and O–H groups in total. The van der Waals surface area contributed by atoms with E-state index in [2.05, 4.69) is 6.07 Å². The van der Waals surface area contributed by atoms with Crippen molar-refractivity contribution in [2.75, 3.05) is 6.26 Å². The Morgan fingerprint density at radius 2 is 2.27 bits per heavy atom. The quantitative estimate of drug-likeness (QED) is 0.626. The van der Waals surface area contributed by atoms with E-state index in [-0.39, 0.29) is 0 Å². The lowest BCUT2D eigenvalue weighted by atomic mass is 10.2. The van der Waals surface area contributed by atoms with Crippen molar-refractivity contribution in [3.8, 4) is 6.07 Å². The van der Waals surface area contributed by atoms with Crippen LogP contribution in [0, 0.1) is 11.3 Å². The van der Waals surface area contributed by atoms with E-state index in [1.807, 2.05) is 6.26 Å². The van der Waals surface area contributed by atoms with Crippen molar-refractivity contribution in [3.05, 3.63) is 28.8 Å². The molecule has 0 saturated carbocycles. The van der Waals surface area contributed by atoms with Gasteiger partial charge in [-0.3, -0.25) is 0 Å². The lowest BCUT2D eigenvalue weighted by Crippen LogP contribution is -1.80. The molecule has 0 heterocycles. The smallest absolute Gasteiger partial charge is 0.100 e. The number of hydrogen-bond donors (Lipinski definition) is 0. The molecule has 0 atom stereocenters. The summed E-state index contributed by atoms with van der Waals surface area (Å²) in [4.78, 5) is 0.858. The number of benzene rings is 1. The monoisotopic (exact) mass is 183 g/mol. The van der Waals surface area contributed by atoms with Gasteiger partial charge in [0.05, 0.1) is 10.6 Å². The van der Waals surface area contributed by atoms with Crippen LogP contribution in [0.2, 0.25) is 5.02 Å². The largest absolute Gasteiger partial charge is 0.192 e. The van der Waals surface area contributed by atoms with Gasteiger partial charge >= 0.3 is 0 Å². The summed E-state index contributed by atoms with van der Waals surface area (Å²) in [6.45, 7) is 0. The van der Waals surface area contributed by atoms with Crippen LogP contribution in [0.15, 0.2) is 23.1 Å². The molecule has 0 unspecified atom stereocenters. The standard InChI is InChI=1S/C8H6ClNS/c1-11-8-6(5-10)3-2-4-7(8)9/h2-4H,1H3. The molecule has 0 amide bonds. The molecule has 0 aliphatic rings. The van der Waals surface area contributed by atoms with Crippen molar-refractivity contribution in [2.24, 2.45) is 0 Å². The van der Waals surface area contributed by atoms with Gasteiger partial charge in [0, 0.05) is 4.90 Å². The van der Waals surface area contributed by atoms with Gasteiger partial charge in [-0.05, 0) is 18.4 Å². The molecule has 1 nitrogen and oxygen atoms in total. The molecule has 1 rings (SSSR count). The lowest BCUT2D eigenvalue weighted by molar-refractivity contribution is 1.37. The van der Waals surface area contributed by atoms with Gasteiger partial charge in [-0.25, -0.2) is 0 Å². The Balaban J connectivity index is 3.27. The number of nitriles is 1. The van der Waals surface area contributed by atoms with Crippen LogP contribution in [0.25, 0.3) is 0 Å². The predicted octanol–water partition coefficient (Wildman–Crippen LogP) is 2.93. The molecule has 3 heteroatoms. The first-order valence-corrected chi connectivity index (χ1v) is 4.62. The maximum atomic E-state index is 8.65. The zero-order chi connectivity index (χ0) is 8.27. The molecule has 0 aliphatic heterocycles. The van der Waals surface area contributed by atoms with E-state index in [4.69, 9.17) is 16.9 Å². The first kappa shape index (κ1) is 8.45. The number of rotatable bonds is 1. The molecule has 0 bridgehead atoms. The first-order valence-electron chi connectivity index (χ1n) is 3.02. The Morgan fingerprint density at radius 3 is 2.73 bits per heavy atom. The van der Waals surface area contributed by atoms with Crippen LogP contribution >= 0.6 is 23.4 Å². The molecule has 0 radical (unpaired) electrons. The van der Waals surface area contributed by atoms with Crippen molar-refractivity contribution in [2.45, 2.75) is 4.90 Å². The highest BCUT2D eigenvalue weighted by molar-refractivity contribution is 7.98. The fourth-order valence-corrected chi connectivity index (χ4v) is 1.81. The van der Waals surface area contributed by atoms with Gasteiger partial charge in [0.1, 0.15) is 6.07 Å². The summed E-state index contributed by atoms with van der Waals surface area (Å²) in [5.41, 5.74) is 0.644. The molecular weight excluding hydrogens is 178 g/mol. The van der Waals surface area contributed by atoms with Crippen LogP contribution in [0.5, 0.6) is 0 Å². The number of thioether (sulfide) groups is 1. The normalized spacial score (nSPS) is 9.18. The van der Waals surface area contributed by atoms with Crippen LogP contribution in [0.1, 0.15) is 5.56 Å². The zero-order valence-electron chi connectivity index (χ0n) is 5.97. The zero-order valence-corrected chi connectivity index (χ0v) is 7.54. The predicted molar refractivity (Wildman–Crippen MR) is 47.9 cm³/mol. The number of halogens is 1. The maximum absolute atomic E-state index is 8.65. The second-order valence-corrected chi connectivity index (χ2v) is 3.16. The topological polar surface area (TPSA) is 23.8 Å². The van der Waals surface area contributed by atoms with Gasteiger partial charge < -0.3 is 0 Å². The molecule has 1 aromatic rings. The molecule has 0 aromatic heterocycles. The van der Waals surface area contributed by atoms with Gasteiger partial charge in [0.25, 0.3) is 0 Å². The molecule has 0 fully saturated rings. The average Bonchev–Trinajstić information content (AvgIpc) is 2.04. The summed E-state index contributed by atoms with van der Waals surface area (Å²) in [5.74, 6) is 0. The van der Waals surface area contributed by atoms with Crippen LogP contribution in [0.3, 0.4) is 0 Å². The minimum absolute atomic E-state index is 0.644. The molecule has 0 saturated heterocycles. The summed E-state index contributed by atoms with van der Waals surface area (Å²) in [5, 5.41) is 9.30. The average molecular weight is 184 g/mol. The molecule has 56 valence electrons. The van der Waals surface area contributed by atoms with E-state index in [0.29, 0.717) is 10.6 Å². The highest BCUT2D eigenvalue weighted by Crippen LogP contribution is 2.27. The van der Waals surface area contributed by atoms with E-state index < -0.39 is 0 Å². The Labute approximate surface area is 75.0 Å². The number of nitrogens with zero attached hydrogens (tertiary/aromatic N) is 1.